The molecule has 1 heterocycles. The largest absolute Gasteiger partial charge is 0.391 e. The van der Waals surface area contributed by atoms with Gasteiger partial charge in [0.2, 0.25) is 0 Å². The van der Waals surface area contributed by atoms with Gasteiger partial charge in [0.1, 0.15) is 0 Å². The normalized spacial score (nSPS) is 19.5. The first kappa shape index (κ1) is 11.9. The molecule has 1 aliphatic heterocycles. The summed E-state index contributed by atoms with van der Waals surface area (Å²) in [7, 11) is 0. The summed E-state index contributed by atoms with van der Waals surface area (Å²) in [6, 6.07) is 0. The van der Waals surface area contributed by atoms with Crippen molar-refractivity contribution in [2.24, 2.45) is 5.92 Å². The Morgan fingerprint density at radius 3 is 1.87 bits per heavy atom. The smallest absolute Gasteiger partial charge is 0.256 e. The molecule has 1 aliphatic rings. The number of carbonyl (C=O) groups is 2. The summed E-state index contributed by atoms with van der Waals surface area (Å²) in [5.41, 5.74) is 0.965. The van der Waals surface area contributed by atoms with Gasteiger partial charge in [0.15, 0.2) is 0 Å². The van der Waals surface area contributed by atoms with Crippen LogP contribution in [0.2, 0.25) is 0 Å². The third-order valence-corrected chi connectivity index (χ3v) is 2.83. The molecule has 1 unspecified atom stereocenters. The number of β-amino-alcohol motifs (C(OH)–C–C–N with tert-alkyl or cyclic N) is 1. The minimum Gasteiger partial charge on any atom is -0.391 e. The fourth-order valence-electron chi connectivity index (χ4n) is 1.38. The average Bonchev–Trinajstić information content (AvgIpc) is 2.35. The van der Waals surface area contributed by atoms with E-state index in [4.69, 9.17) is 0 Å². The van der Waals surface area contributed by atoms with E-state index in [0.29, 0.717) is 11.1 Å². The van der Waals surface area contributed by atoms with E-state index in [2.05, 4.69) is 0 Å². The molecule has 1 rings (SSSR count). The van der Waals surface area contributed by atoms with E-state index in [0.717, 1.165) is 4.90 Å². The van der Waals surface area contributed by atoms with Gasteiger partial charge in [0.05, 0.1) is 12.6 Å². The molecule has 0 bridgehead atoms. The van der Waals surface area contributed by atoms with Crippen LogP contribution < -0.4 is 0 Å². The molecule has 0 spiro atoms. The maximum Gasteiger partial charge on any atom is 0.256 e. The lowest BCUT2D eigenvalue weighted by Gasteiger charge is -2.21. The Morgan fingerprint density at radius 2 is 1.53 bits per heavy atom. The molecular weight excluding hydrogens is 194 g/mol. The van der Waals surface area contributed by atoms with Crippen molar-refractivity contribution in [3.63, 3.8) is 0 Å². The quantitative estimate of drug-likeness (QED) is 0.699. The number of amides is 2. The number of carbonyl (C=O) groups excluding carboxylic acids is 2. The fourth-order valence-corrected chi connectivity index (χ4v) is 1.38. The Hall–Kier alpha value is -1.16. The zero-order chi connectivity index (χ0) is 11.7. The molecule has 0 radical (unpaired) electrons. The van der Waals surface area contributed by atoms with E-state index in [9.17, 15) is 14.7 Å². The molecule has 0 aromatic heterocycles. The van der Waals surface area contributed by atoms with Gasteiger partial charge in [0, 0.05) is 11.1 Å². The van der Waals surface area contributed by atoms with Crippen molar-refractivity contribution in [2.45, 2.75) is 33.8 Å². The predicted molar refractivity (Wildman–Crippen MR) is 55.9 cm³/mol. The van der Waals surface area contributed by atoms with Crippen LogP contribution in [0, 0.1) is 5.92 Å². The summed E-state index contributed by atoms with van der Waals surface area (Å²) >= 11 is 0. The minimum atomic E-state index is -0.656. The Bertz CT molecular complexity index is 307. The SMILES string of the molecule is CC1=C(C)C(=O)N(CC(O)C(C)C)C1=O. The molecule has 84 valence electrons. The summed E-state index contributed by atoms with van der Waals surface area (Å²) in [6.07, 6.45) is -0.656. The number of rotatable bonds is 3. The Kier molecular flexibility index (Phi) is 3.29. The summed E-state index contributed by atoms with van der Waals surface area (Å²) in [6.45, 7) is 7.06. The maximum atomic E-state index is 11.6. The van der Waals surface area contributed by atoms with Crippen LogP contribution in [0.5, 0.6) is 0 Å². The van der Waals surface area contributed by atoms with E-state index in [-0.39, 0.29) is 24.3 Å². The molecule has 0 aromatic rings. The molecule has 2 amide bonds. The molecule has 0 aromatic carbocycles. The van der Waals surface area contributed by atoms with Gasteiger partial charge in [-0.15, -0.1) is 0 Å². The average molecular weight is 211 g/mol. The van der Waals surface area contributed by atoms with Crippen molar-refractivity contribution in [1.29, 1.82) is 0 Å². The van der Waals surface area contributed by atoms with E-state index < -0.39 is 6.10 Å². The zero-order valence-electron chi connectivity index (χ0n) is 9.57. The van der Waals surface area contributed by atoms with Crippen molar-refractivity contribution >= 4 is 11.8 Å². The lowest BCUT2D eigenvalue weighted by atomic mass is 10.1. The number of aliphatic hydroxyl groups is 1. The molecule has 4 nitrogen and oxygen atoms in total. The van der Waals surface area contributed by atoms with Crippen molar-refractivity contribution in [3.05, 3.63) is 11.1 Å². The lowest BCUT2D eigenvalue weighted by molar-refractivity contribution is -0.139. The molecule has 4 heteroatoms. The van der Waals surface area contributed by atoms with E-state index >= 15 is 0 Å². The van der Waals surface area contributed by atoms with E-state index in [1.165, 1.54) is 0 Å². The number of hydrogen-bond acceptors (Lipinski definition) is 3. The molecule has 0 saturated heterocycles. The fraction of sp³-hybridized carbons (Fsp3) is 0.636. The van der Waals surface area contributed by atoms with Crippen LogP contribution in [0.4, 0.5) is 0 Å². The Balaban J connectivity index is 2.76. The monoisotopic (exact) mass is 211 g/mol. The first-order valence-electron chi connectivity index (χ1n) is 5.08. The van der Waals surface area contributed by atoms with Gasteiger partial charge in [-0.05, 0) is 19.8 Å². The van der Waals surface area contributed by atoms with E-state index in [1.54, 1.807) is 13.8 Å². The van der Waals surface area contributed by atoms with E-state index in [1.807, 2.05) is 13.8 Å². The first-order valence-corrected chi connectivity index (χ1v) is 5.08. The summed E-state index contributed by atoms with van der Waals surface area (Å²) < 4.78 is 0. The lowest BCUT2D eigenvalue weighted by Crippen LogP contribution is -2.39. The molecule has 0 aliphatic carbocycles. The summed E-state index contributed by atoms with van der Waals surface area (Å²) in [5, 5.41) is 9.63. The van der Waals surface area contributed by atoms with Gasteiger partial charge >= 0.3 is 0 Å². The molecule has 0 saturated carbocycles. The second kappa shape index (κ2) is 4.14. The van der Waals surface area contributed by atoms with Crippen LogP contribution in [-0.2, 0) is 9.59 Å². The van der Waals surface area contributed by atoms with Crippen LogP contribution in [0.1, 0.15) is 27.7 Å². The third kappa shape index (κ3) is 2.09. The van der Waals surface area contributed by atoms with Crippen LogP contribution in [0.25, 0.3) is 0 Å². The standard InChI is InChI=1S/C11H17NO3/c1-6(2)9(13)5-12-10(14)7(3)8(4)11(12)15/h6,9,13H,5H2,1-4H3. The van der Waals surface area contributed by atoms with Crippen molar-refractivity contribution in [3.8, 4) is 0 Å². The highest BCUT2D eigenvalue weighted by Gasteiger charge is 2.34. The van der Waals surface area contributed by atoms with Gasteiger partial charge in [-0.1, -0.05) is 13.8 Å². The first-order chi connectivity index (χ1) is 6.86. The van der Waals surface area contributed by atoms with Crippen LogP contribution in [-0.4, -0.2) is 34.5 Å². The highest BCUT2D eigenvalue weighted by molar-refractivity contribution is 6.18. The maximum absolute atomic E-state index is 11.6. The van der Waals surface area contributed by atoms with Crippen molar-refractivity contribution < 1.29 is 14.7 Å². The third-order valence-electron chi connectivity index (χ3n) is 2.83. The minimum absolute atomic E-state index is 0.0341. The van der Waals surface area contributed by atoms with Crippen molar-refractivity contribution in [2.75, 3.05) is 6.54 Å². The highest BCUT2D eigenvalue weighted by atomic mass is 16.3. The van der Waals surface area contributed by atoms with Gasteiger partial charge < -0.3 is 5.11 Å². The van der Waals surface area contributed by atoms with Gasteiger partial charge in [-0.25, -0.2) is 0 Å². The van der Waals surface area contributed by atoms with Crippen molar-refractivity contribution in [1.82, 2.24) is 4.90 Å². The summed E-state index contributed by atoms with van der Waals surface area (Å²) in [5.74, 6) is -0.527. The second-order valence-electron chi connectivity index (χ2n) is 4.28. The van der Waals surface area contributed by atoms with Crippen LogP contribution >= 0.6 is 0 Å². The second-order valence-corrected chi connectivity index (χ2v) is 4.28. The molecule has 0 fully saturated rings. The van der Waals surface area contributed by atoms with Gasteiger partial charge in [0.25, 0.3) is 11.8 Å². The molecular formula is C11H17NO3. The molecule has 1 N–H and O–H groups in total. The summed E-state index contributed by atoms with van der Waals surface area (Å²) in [4.78, 5) is 24.4. The zero-order valence-corrected chi connectivity index (χ0v) is 9.57. The van der Waals surface area contributed by atoms with Crippen LogP contribution in [0.3, 0.4) is 0 Å². The number of nitrogens with zero attached hydrogens (tertiary/aromatic N) is 1. The van der Waals surface area contributed by atoms with Gasteiger partial charge in [-0.3, -0.25) is 14.5 Å². The number of imide groups is 1. The topological polar surface area (TPSA) is 57.6 Å². The molecule has 1 atom stereocenters. The van der Waals surface area contributed by atoms with Crippen LogP contribution in [0.15, 0.2) is 11.1 Å². The number of aliphatic hydroxyl groups excluding tert-OH is 1. The highest BCUT2D eigenvalue weighted by Crippen LogP contribution is 2.20. The number of hydrogen-bond donors (Lipinski definition) is 1. The predicted octanol–water partition coefficient (Wildman–Crippen LogP) is 0.709. The Labute approximate surface area is 89.6 Å². The Morgan fingerprint density at radius 1 is 1.13 bits per heavy atom. The molecule has 15 heavy (non-hydrogen) atoms. The van der Waals surface area contributed by atoms with Gasteiger partial charge in [-0.2, -0.15) is 0 Å².